The third kappa shape index (κ3) is 5.86. The lowest BCUT2D eigenvalue weighted by atomic mass is 9.38. The maximum absolute atomic E-state index is 12.4. The molecule has 2 saturated heterocycles. The number of hydrogen-bond acceptors (Lipinski definition) is 4. The molecule has 3 aromatic rings. The smallest absolute Gasteiger partial charge is 0.0805 e. The molecule has 3 N–H and O–H groups in total. The van der Waals surface area contributed by atoms with Gasteiger partial charge >= 0.3 is 0 Å². The van der Waals surface area contributed by atoms with Crippen LogP contribution in [0.3, 0.4) is 0 Å². The van der Waals surface area contributed by atoms with Crippen LogP contribution in [0.25, 0.3) is 21.5 Å². The zero-order valence-corrected chi connectivity index (χ0v) is 36.4. The van der Waals surface area contributed by atoms with Gasteiger partial charge in [-0.2, -0.15) is 0 Å². The largest absolute Gasteiger partial charge is 0.393 e. The summed E-state index contributed by atoms with van der Waals surface area (Å²) in [5, 5.41) is 42.5. The van der Waals surface area contributed by atoms with Crippen LogP contribution in [-0.2, 0) is 0 Å². The molecule has 4 nitrogen and oxygen atoms in total. The Kier molecular flexibility index (Phi) is 9.40. The van der Waals surface area contributed by atoms with Gasteiger partial charge in [0, 0.05) is 19.1 Å². The van der Waals surface area contributed by atoms with E-state index in [0.29, 0.717) is 53.4 Å². The third-order valence-corrected chi connectivity index (χ3v) is 20.4. The average molecular weight is 786 g/mol. The molecule has 16 atom stereocenters. The van der Waals surface area contributed by atoms with Crippen molar-refractivity contribution in [3.05, 3.63) is 60.2 Å². The molecule has 314 valence electrons. The molecule has 16 unspecified atom stereocenters. The Hall–Kier alpha value is -1.98. The predicted molar refractivity (Wildman–Crippen MR) is 236 cm³/mol. The van der Waals surface area contributed by atoms with Crippen molar-refractivity contribution in [2.75, 3.05) is 13.1 Å². The second-order valence-electron chi connectivity index (χ2n) is 23.6. The summed E-state index contributed by atoms with van der Waals surface area (Å²) >= 11 is 0. The Bertz CT molecular complexity index is 2020. The van der Waals surface area contributed by atoms with Gasteiger partial charge in [0.25, 0.3) is 0 Å². The lowest BCUT2D eigenvalue weighted by molar-refractivity contribution is -0.231. The minimum atomic E-state index is -0.596. The van der Waals surface area contributed by atoms with E-state index >= 15 is 0 Å². The molecule has 4 heteroatoms. The van der Waals surface area contributed by atoms with E-state index in [-0.39, 0.29) is 34.4 Å². The van der Waals surface area contributed by atoms with E-state index in [1.807, 2.05) is 0 Å². The van der Waals surface area contributed by atoms with Gasteiger partial charge in [-0.1, -0.05) is 76.1 Å². The molecule has 0 aromatic heterocycles. The monoisotopic (exact) mass is 786 g/mol. The number of hydrogen-bond donors (Lipinski definition) is 3. The first-order valence-corrected chi connectivity index (χ1v) is 24.6. The van der Waals surface area contributed by atoms with Crippen molar-refractivity contribution in [2.24, 2.45) is 69.5 Å². The van der Waals surface area contributed by atoms with Crippen molar-refractivity contribution < 1.29 is 15.3 Å². The second kappa shape index (κ2) is 14.0. The van der Waals surface area contributed by atoms with Crippen molar-refractivity contribution in [3.8, 4) is 0 Å². The van der Waals surface area contributed by atoms with Gasteiger partial charge in [0.1, 0.15) is 0 Å². The Morgan fingerprint density at radius 1 is 0.741 bits per heavy atom. The molecule has 11 rings (SSSR count). The minimum absolute atomic E-state index is 0.00578. The quantitative estimate of drug-likeness (QED) is 0.218. The Labute approximate surface area is 349 Å². The molecule has 2 bridgehead atoms. The summed E-state index contributed by atoms with van der Waals surface area (Å²) in [6, 6.07) is 21.2. The fourth-order valence-corrected chi connectivity index (χ4v) is 18.2. The molecule has 0 radical (unpaired) electrons. The van der Waals surface area contributed by atoms with E-state index in [1.165, 1.54) is 117 Å². The molecule has 8 fully saturated rings. The number of aliphatic hydroxyl groups excluding tert-OH is 2. The molecule has 2 heterocycles. The summed E-state index contributed by atoms with van der Waals surface area (Å²) in [4.78, 5) is 2.75. The second-order valence-corrected chi connectivity index (χ2v) is 23.6. The number of rotatable bonds is 6. The number of aliphatic hydroxyl groups is 3. The Morgan fingerprint density at radius 3 is 2.31 bits per heavy atom. The van der Waals surface area contributed by atoms with Gasteiger partial charge in [-0.25, -0.2) is 0 Å². The van der Waals surface area contributed by atoms with Crippen LogP contribution in [-0.4, -0.2) is 57.2 Å². The predicted octanol–water partition coefficient (Wildman–Crippen LogP) is 11.5. The lowest BCUT2D eigenvalue weighted by Gasteiger charge is -2.68. The van der Waals surface area contributed by atoms with Crippen LogP contribution in [0.1, 0.15) is 148 Å². The molecule has 58 heavy (non-hydrogen) atoms. The molecular weight excluding hydrogens is 711 g/mol. The molecular formula is C54H75NO3. The summed E-state index contributed by atoms with van der Waals surface area (Å²) in [7, 11) is 0. The lowest BCUT2D eigenvalue weighted by Crippen LogP contribution is -2.67. The van der Waals surface area contributed by atoms with Gasteiger partial charge in [-0.3, -0.25) is 4.90 Å². The standard InChI is InChI=1S/C54H75NO3/c1-33(2)10-12-38(39-13-14-40-23-36-8-5-6-9-37(36)24-41(40)25-39)22-35-18-21-52(28-35)32-54-20-7-19-53(29-47(56)46(54)27-50(52)57)45-16-15-44-43(42(45)26-48(53)54)31-55-30-34(3)11-17-49(55)51(44,4)58/h5-6,8-9,13-14,23-25,33-35,38,42-50,56-58H,7,10-12,15-22,26-32H2,1-4H3. The normalized spacial score (nSPS) is 46.4. The summed E-state index contributed by atoms with van der Waals surface area (Å²) < 4.78 is 0. The highest BCUT2D eigenvalue weighted by Crippen LogP contribution is 2.78. The number of piperidine rings is 2. The van der Waals surface area contributed by atoms with Gasteiger partial charge in [0.2, 0.25) is 0 Å². The molecule has 6 aliphatic carbocycles. The highest BCUT2D eigenvalue weighted by Gasteiger charge is 2.74. The van der Waals surface area contributed by atoms with E-state index in [9.17, 15) is 15.3 Å². The fourth-order valence-electron chi connectivity index (χ4n) is 18.2. The van der Waals surface area contributed by atoms with Crippen LogP contribution in [0.15, 0.2) is 54.6 Å². The van der Waals surface area contributed by atoms with Crippen LogP contribution >= 0.6 is 0 Å². The van der Waals surface area contributed by atoms with E-state index in [0.717, 1.165) is 38.1 Å². The van der Waals surface area contributed by atoms with Gasteiger partial charge in [-0.05, 0) is 218 Å². The average Bonchev–Trinajstić information content (AvgIpc) is 3.76. The van der Waals surface area contributed by atoms with Crippen molar-refractivity contribution in [1.82, 2.24) is 4.90 Å². The maximum atomic E-state index is 12.4. The van der Waals surface area contributed by atoms with Gasteiger partial charge < -0.3 is 15.3 Å². The van der Waals surface area contributed by atoms with Crippen molar-refractivity contribution in [2.45, 2.75) is 167 Å². The fraction of sp³-hybridized carbons (Fsp3) is 0.741. The van der Waals surface area contributed by atoms with Crippen molar-refractivity contribution in [3.63, 3.8) is 0 Å². The topological polar surface area (TPSA) is 63.9 Å². The van der Waals surface area contributed by atoms with Crippen LogP contribution in [0.5, 0.6) is 0 Å². The summed E-state index contributed by atoms with van der Waals surface area (Å²) in [5.41, 5.74) is 1.33. The molecule has 3 aromatic carbocycles. The van der Waals surface area contributed by atoms with E-state index < -0.39 is 5.60 Å². The molecule has 0 amide bonds. The zero-order chi connectivity index (χ0) is 39.8. The van der Waals surface area contributed by atoms with Crippen LogP contribution in [0, 0.1) is 69.5 Å². The Morgan fingerprint density at radius 2 is 1.50 bits per heavy atom. The molecule has 6 saturated carbocycles. The Balaban J connectivity index is 0.876. The summed E-state index contributed by atoms with van der Waals surface area (Å²) in [6.45, 7) is 11.8. The van der Waals surface area contributed by atoms with Gasteiger partial charge in [0.05, 0.1) is 17.8 Å². The van der Waals surface area contributed by atoms with E-state index in [1.54, 1.807) is 0 Å². The van der Waals surface area contributed by atoms with Gasteiger partial charge in [0.15, 0.2) is 0 Å². The van der Waals surface area contributed by atoms with E-state index in [2.05, 4.69) is 87.2 Å². The zero-order valence-electron chi connectivity index (χ0n) is 36.4. The molecule has 8 aliphatic rings. The van der Waals surface area contributed by atoms with Crippen molar-refractivity contribution in [1.29, 1.82) is 0 Å². The highest BCUT2D eigenvalue weighted by atomic mass is 16.3. The minimum Gasteiger partial charge on any atom is -0.393 e. The van der Waals surface area contributed by atoms with Crippen molar-refractivity contribution >= 4 is 21.5 Å². The molecule has 2 aliphatic heterocycles. The first-order valence-electron chi connectivity index (χ1n) is 24.6. The van der Waals surface area contributed by atoms with Crippen LogP contribution in [0.4, 0.5) is 0 Å². The number of nitrogens with zero attached hydrogens (tertiary/aromatic N) is 1. The summed E-state index contributed by atoms with van der Waals surface area (Å²) in [6.07, 6.45) is 19.7. The van der Waals surface area contributed by atoms with Crippen LogP contribution < -0.4 is 0 Å². The highest BCUT2D eigenvalue weighted by molar-refractivity contribution is 5.98. The summed E-state index contributed by atoms with van der Waals surface area (Å²) in [5.74, 6) is 5.90. The maximum Gasteiger partial charge on any atom is 0.0805 e. The number of benzene rings is 3. The number of fused-ring (bicyclic) bond motifs is 6. The SMILES string of the molecule is CC(C)CCC(CC1CCC2(C1)CC13CCCC4(CC(O)C1CC2O)C1CCC2C(CN5CC(C)CCC5C2(C)O)C1CC34)c1ccc2cc3ccccc3cc2c1. The van der Waals surface area contributed by atoms with Gasteiger partial charge in [-0.15, -0.1) is 0 Å². The first kappa shape index (κ1) is 38.9. The molecule has 2 spiro atoms. The third-order valence-electron chi connectivity index (χ3n) is 20.4. The first-order chi connectivity index (χ1) is 27.9. The van der Waals surface area contributed by atoms with Crippen LogP contribution in [0.2, 0.25) is 0 Å². The van der Waals surface area contributed by atoms with E-state index in [4.69, 9.17) is 0 Å².